The molecule has 5 nitrogen and oxygen atoms in total. The molecular weight excluding hydrogens is 290 g/mol. The Balaban J connectivity index is 1.73. The Bertz CT molecular complexity index is 497. The van der Waals surface area contributed by atoms with Crippen molar-refractivity contribution in [3.63, 3.8) is 0 Å². The summed E-state index contributed by atoms with van der Waals surface area (Å²) in [6.45, 7) is 0. The second kappa shape index (κ2) is 7.54. The molecule has 0 saturated heterocycles. The zero-order valence-electron chi connectivity index (χ0n) is 11.7. The molecule has 1 aromatic rings. The summed E-state index contributed by atoms with van der Waals surface area (Å²) in [5.74, 6) is 2.07. The van der Waals surface area contributed by atoms with Gasteiger partial charge in [0, 0.05) is 23.9 Å². The number of rotatable bonds is 7. The summed E-state index contributed by atoms with van der Waals surface area (Å²) >= 11 is 3.36. The van der Waals surface area contributed by atoms with E-state index in [9.17, 15) is 0 Å². The van der Waals surface area contributed by atoms with E-state index in [4.69, 9.17) is 11.5 Å². The van der Waals surface area contributed by atoms with Gasteiger partial charge in [0.2, 0.25) is 5.13 Å². The lowest BCUT2D eigenvalue weighted by Gasteiger charge is -2.21. The lowest BCUT2D eigenvalue weighted by Crippen LogP contribution is -2.21. The molecule has 0 aliphatic heterocycles. The molecule has 1 saturated carbocycles. The van der Waals surface area contributed by atoms with Gasteiger partial charge in [-0.2, -0.15) is 16.8 Å². The lowest BCUT2D eigenvalue weighted by molar-refractivity contribution is 0.629. The Morgan fingerprint density at radius 1 is 1.50 bits per heavy atom. The second-order valence-electron chi connectivity index (χ2n) is 4.65. The predicted octanol–water partition coefficient (Wildman–Crippen LogP) is 2.33. The third kappa shape index (κ3) is 4.42. The molecule has 1 aromatic heterocycles. The number of allylic oxidation sites excluding steroid dienone is 2. The predicted molar refractivity (Wildman–Crippen MR) is 88.3 cm³/mol. The van der Waals surface area contributed by atoms with Gasteiger partial charge < -0.3 is 16.8 Å². The average Bonchev–Trinajstić information content (AvgIpc) is 2.77. The maximum atomic E-state index is 5.33. The molecule has 0 unspecified atom stereocenters. The van der Waals surface area contributed by atoms with Crippen LogP contribution in [0.5, 0.6) is 0 Å². The number of aliphatic imine (C=N–C) groups is 1. The van der Waals surface area contributed by atoms with E-state index in [2.05, 4.69) is 15.3 Å². The van der Waals surface area contributed by atoms with Crippen molar-refractivity contribution in [3.05, 3.63) is 22.3 Å². The molecule has 1 heterocycles. The molecule has 1 aliphatic carbocycles. The number of nitrogens with two attached hydrogens (primary N) is 2. The minimum absolute atomic E-state index is 0.0596. The molecule has 0 aromatic carbocycles. The van der Waals surface area contributed by atoms with Crippen molar-refractivity contribution in [3.8, 4) is 0 Å². The van der Waals surface area contributed by atoms with Crippen LogP contribution in [0.25, 0.3) is 0 Å². The van der Waals surface area contributed by atoms with E-state index >= 15 is 0 Å². The molecule has 2 rings (SSSR count). The van der Waals surface area contributed by atoms with Crippen LogP contribution in [0.1, 0.15) is 31.4 Å². The van der Waals surface area contributed by atoms with Crippen LogP contribution in [0.2, 0.25) is 0 Å². The van der Waals surface area contributed by atoms with Gasteiger partial charge in [0.05, 0.1) is 5.69 Å². The molecule has 5 N–H and O–H groups in total. The SMILES string of the molecule is CNC(CCSCc1csc(N=C(N)N)n1)=C1CCC1. The Morgan fingerprint density at radius 2 is 2.30 bits per heavy atom. The first-order valence-electron chi connectivity index (χ1n) is 6.69. The Labute approximate surface area is 127 Å². The van der Waals surface area contributed by atoms with Gasteiger partial charge in [-0.1, -0.05) is 5.57 Å². The van der Waals surface area contributed by atoms with Crippen LogP contribution in [0.15, 0.2) is 21.6 Å². The molecule has 0 radical (unpaired) electrons. The monoisotopic (exact) mass is 311 g/mol. The van der Waals surface area contributed by atoms with E-state index in [1.165, 1.54) is 36.3 Å². The number of thioether (sulfide) groups is 1. The summed E-state index contributed by atoms with van der Waals surface area (Å²) in [5, 5.41) is 5.98. The third-order valence-corrected chi connectivity index (χ3v) is 4.97. The van der Waals surface area contributed by atoms with Crippen molar-refractivity contribution in [1.82, 2.24) is 10.3 Å². The maximum Gasteiger partial charge on any atom is 0.212 e. The third-order valence-electron chi connectivity index (χ3n) is 3.20. The summed E-state index contributed by atoms with van der Waals surface area (Å²) in [4.78, 5) is 8.32. The smallest absolute Gasteiger partial charge is 0.212 e. The fourth-order valence-electron chi connectivity index (χ4n) is 2.01. The van der Waals surface area contributed by atoms with E-state index in [1.807, 2.05) is 24.2 Å². The van der Waals surface area contributed by atoms with Crippen LogP contribution in [0.4, 0.5) is 5.13 Å². The summed E-state index contributed by atoms with van der Waals surface area (Å²) in [6, 6.07) is 0. The molecule has 110 valence electrons. The molecule has 7 heteroatoms. The minimum atomic E-state index is 0.0596. The van der Waals surface area contributed by atoms with E-state index < -0.39 is 0 Å². The van der Waals surface area contributed by atoms with Gasteiger partial charge in [0.1, 0.15) is 0 Å². The second-order valence-corrected chi connectivity index (χ2v) is 6.59. The van der Waals surface area contributed by atoms with Crippen molar-refractivity contribution in [2.45, 2.75) is 31.4 Å². The lowest BCUT2D eigenvalue weighted by atomic mass is 9.90. The Kier molecular flexibility index (Phi) is 5.72. The molecule has 0 bridgehead atoms. The van der Waals surface area contributed by atoms with Crippen LogP contribution in [-0.4, -0.2) is 23.7 Å². The van der Waals surface area contributed by atoms with Crippen LogP contribution in [0, 0.1) is 0 Å². The zero-order chi connectivity index (χ0) is 14.4. The van der Waals surface area contributed by atoms with Gasteiger partial charge in [-0.25, -0.2) is 4.98 Å². The first kappa shape index (κ1) is 15.2. The number of nitrogens with one attached hydrogen (secondary N) is 1. The highest BCUT2D eigenvalue weighted by atomic mass is 32.2. The summed E-state index contributed by atoms with van der Waals surface area (Å²) in [5.41, 5.74) is 14.7. The Hall–Kier alpha value is -1.21. The summed E-state index contributed by atoms with van der Waals surface area (Å²) < 4.78 is 0. The number of hydrogen-bond donors (Lipinski definition) is 3. The number of thiazole rings is 1. The number of aromatic nitrogens is 1. The summed E-state index contributed by atoms with van der Waals surface area (Å²) in [7, 11) is 2.02. The molecular formula is C13H21N5S2. The standard InChI is InChI=1S/C13H21N5S2/c1-16-11(9-3-2-4-9)5-6-19-7-10-8-20-13(17-10)18-12(14)15/h8,16H,2-7H2,1H3,(H4,14,15,17,18). The van der Waals surface area contributed by atoms with Crippen LogP contribution < -0.4 is 16.8 Å². The summed E-state index contributed by atoms with van der Waals surface area (Å²) in [6.07, 6.45) is 5.01. The minimum Gasteiger partial charge on any atom is -0.391 e. The van der Waals surface area contributed by atoms with E-state index in [0.29, 0.717) is 5.13 Å². The van der Waals surface area contributed by atoms with Gasteiger partial charge in [-0.05, 0) is 31.4 Å². The van der Waals surface area contributed by atoms with Crippen molar-refractivity contribution in [2.24, 2.45) is 16.5 Å². The number of hydrogen-bond acceptors (Lipinski definition) is 5. The van der Waals surface area contributed by atoms with Gasteiger partial charge in [0.15, 0.2) is 5.96 Å². The van der Waals surface area contributed by atoms with Crippen LogP contribution in [0.3, 0.4) is 0 Å². The van der Waals surface area contributed by atoms with Gasteiger partial charge in [-0.3, -0.25) is 0 Å². The average molecular weight is 311 g/mol. The maximum absolute atomic E-state index is 5.33. The largest absolute Gasteiger partial charge is 0.391 e. The van der Waals surface area contributed by atoms with E-state index in [-0.39, 0.29) is 5.96 Å². The van der Waals surface area contributed by atoms with Gasteiger partial charge in [0.25, 0.3) is 0 Å². The molecule has 20 heavy (non-hydrogen) atoms. The van der Waals surface area contributed by atoms with Crippen LogP contribution in [-0.2, 0) is 5.75 Å². The molecule has 0 amide bonds. The molecule has 1 fully saturated rings. The zero-order valence-corrected chi connectivity index (χ0v) is 13.3. The quantitative estimate of drug-likeness (QED) is 0.408. The first-order valence-corrected chi connectivity index (χ1v) is 8.73. The van der Waals surface area contributed by atoms with Crippen molar-refractivity contribution in [1.29, 1.82) is 0 Å². The number of guanidine groups is 1. The fourth-order valence-corrected chi connectivity index (χ4v) is 3.67. The Morgan fingerprint density at radius 3 is 2.90 bits per heavy atom. The molecule has 0 atom stereocenters. The highest BCUT2D eigenvalue weighted by molar-refractivity contribution is 7.98. The molecule has 1 aliphatic rings. The fraction of sp³-hybridized carbons (Fsp3) is 0.538. The normalized spacial score (nSPS) is 13.8. The first-order chi connectivity index (χ1) is 9.69. The van der Waals surface area contributed by atoms with Gasteiger partial charge in [-0.15, -0.1) is 11.3 Å². The molecule has 0 spiro atoms. The van der Waals surface area contributed by atoms with E-state index in [1.54, 1.807) is 5.57 Å². The number of nitrogens with zero attached hydrogens (tertiary/aromatic N) is 2. The van der Waals surface area contributed by atoms with Crippen LogP contribution >= 0.6 is 23.1 Å². The van der Waals surface area contributed by atoms with Crippen molar-refractivity contribution >= 4 is 34.2 Å². The highest BCUT2D eigenvalue weighted by Crippen LogP contribution is 2.29. The van der Waals surface area contributed by atoms with E-state index in [0.717, 1.165) is 23.6 Å². The highest BCUT2D eigenvalue weighted by Gasteiger charge is 2.13. The topological polar surface area (TPSA) is 89.3 Å². The van der Waals surface area contributed by atoms with Gasteiger partial charge >= 0.3 is 0 Å². The van der Waals surface area contributed by atoms with Crippen molar-refractivity contribution in [2.75, 3.05) is 12.8 Å². The van der Waals surface area contributed by atoms with Crippen molar-refractivity contribution < 1.29 is 0 Å².